The molecule has 1 aliphatic heterocycles. The molecule has 0 bridgehead atoms. The molecule has 6 rings (SSSR count). The summed E-state index contributed by atoms with van der Waals surface area (Å²) in [5.41, 5.74) is 6.23. The summed E-state index contributed by atoms with van der Waals surface area (Å²) in [4.78, 5) is 11.3. The molecule has 1 aliphatic rings. The van der Waals surface area contributed by atoms with Gasteiger partial charge in [0.25, 0.3) is 0 Å². The molecule has 0 aliphatic carbocycles. The molecular formula is C30H25ClN4S. The van der Waals surface area contributed by atoms with Crippen LogP contribution in [0.3, 0.4) is 0 Å². The van der Waals surface area contributed by atoms with E-state index >= 15 is 0 Å². The number of aromatic nitrogens is 2. The molecule has 0 fully saturated rings. The number of hydrogen-bond acceptors (Lipinski definition) is 5. The van der Waals surface area contributed by atoms with E-state index in [4.69, 9.17) is 26.7 Å². The Morgan fingerprint density at radius 2 is 1.69 bits per heavy atom. The number of thiophene rings is 1. The van der Waals surface area contributed by atoms with Gasteiger partial charge in [0.1, 0.15) is 0 Å². The molecule has 36 heavy (non-hydrogen) atoms. The van der Waals surface area contributed by atoms with Crippen molar-refractivity contribution in [2.24, 2.45) is 5.10 Å². The van der Waals surface area contributed by atoms with Gasteiger partial charge in [-0.15, -0.1) is 11.3 Å². The summed E-state index contributed by atoms with van der Waals surface area (Å²) in [6.45, 7) is 4.43. The largest absolute Gasteiger partial charge is 0.247 e. The van der Waals surface area contributed by atoms with E-state index < -0.39 is 0 Å². The van der Waals surface area contributed by atoms with Crippen molar-refractivity contribution in [1.29, 1.82) is 0 Å². The van der Waals surface area contributed by atoms with Crippen LogP contribution in [0.15, 0.2) is 95.4 Å². The summed E-state index contributed by atoms with van der Waals surface area (Å²) < 4.78 is 0. The van der Waals surface area contributed by atoms with Crippen molar-refractivity contribution in [1.82, 2.24) is 9.97 Å². The van der Waals surface area contributed by atoms with Gasteiger partial charge in [-0.05, 0) is 46.7 Å². The van der Waals surface area contributed by atoms with E-state index in [2.05, 4.69) is 67.8 Å². The number of rotatable bonds is 5. The van der Waals surface area contributed by atoms with E-state index in [0.717, 1.165) is 39.9 Å². The standard InChI is InChI=1S/C30H25ClN4S/c1-19(2)20-10-12-21(13-11-20)26-18-27(28-9-6-16-36-28)35(34-26)30-32-25-15-14-23(31)17-24(25)29(33-30)22-7-4-3-5-8-22/h3-17,19,27H,18H2,1-2H3/t27-/m0/s1. The van der Waals surface area contributed by atoms with Crippen LogP contribution in [-0.2, 0) is 0 Å². The summed E-state index contributed by atoms with van der Waals surface area (Å²) in [5, 5.41) is 10.8. The second-order valence-electron chi connectivity index (χ2n) is 9.30. The van der Waals surface area contributed by atoms with Crippen molar-refractivity contribution >= 4 is 45.5 Å². The number of anilines is 1. The third-order valence-corrected chi connectivity index (χ3v) is 7.80. The molecule has 3 heterocycles. The molecule has 0 N–H and O–H groups in total. The molecule has 0 spiro atoms. The van der Waals surface area contributed by atoms with Gasteiger partial charge in [-0.1, -0.05) is 86.1 Å². The first kappa shape index (κ1) is 22.9. The van der Waals surface area contributed by atoms with Gasteiger partial charge in [0, 0.05) is 27.3 Å². The quantitative estimate of drug-likeness (QED) is 0.239. The number of fused-ring (bicyclic) bond motifs is 1. The lowest BCUT2D eigenvalue weighted by atomic mass is 9.98. The Bertz CT molecular complexity index is 1540. The zero-order valence-corrected chi connectivity index (χ0v) is 21.7. The molecule has 0 saturated carbocycles. The van der Waals surface area contributed by atoms with Crippen LogP contribution in [0, 0.1) is 0 Å². The second-order valence-corrected chi connectivity index (χ2v) is 10.7. The first-order valence-corrected chi connectivity index (χ1v) is 13.4. The number of hydrogen-bond donors (Lipinski definition) is 0. The van der Waals surface area contributed by atoms with Gasteiger partial charge in [-0.25, -0.2) is 15.0 Å². The second kappa shape index (κ2) is 9.49. The van der Waals surface area contributed by atoms with Crippen LogP contribution in [0.1, 0.15) is 48.2 Å². The highest BCUT2D eigenvalue weighted by molar-refractivity contribution is 7.10. The molecular weight excluding hydrogens is 484 g/mol. The van der Waals surface area contributed by atoms with Crippen LogP contribution >= 0.6 is 22.9 Å². The third kappa shape index (κ3) is 4.29. The molecule has 4 nitrogen and oxygen atoms in total. The predicted octanol–water partition coefficient (Wildman–Crippen LogP) is 8.49. The molecule has 1 atom stereocenters. The van der Waals surface area contributed by atoms with Gasteiger partial charge in [0.15, 0.2) is 0 Å². The Balaban J connectivity index is 1.50. The topological polar surface area (TPSA) is 41.4 Å². The fraction of sp³-hybridized carbons (Fsp3) is 0.167. The highest BCUT2D eigenvalue weighted by Crippen LogP contribution is 2.39. The fourth-order valence-electron chi connectivity index (χ4n) is 4.64. The van der Waals surface area contributed by atoms with Crippen molar-refractivity contribution in [3.8, 4) is 11.3 Å². The van der Waals surface area contributed by atoms with Crippen LogP contribution in [0.5, 0.6) is 0 Å². The summed E-state index contributed by atoms with van der Waals surface area (Å²) >= 11 is 8.11. The first-order valence-electron chi connectivity index (χ1n) is 12.1. The van der Waals surface area contributed by atoms with Crippen LogP contribution in [-0.4, -0.2) is 15.7 Å². The Labute approximate surface area is 219 Å². The monoisotopic (exact) mass is 508 g/mol. The summed E-state index contributed by atoms with van der Waals surface area (Å²) in [7, 11) is 0. The van der Waals surface area contributed by atoms with Crippen LogP contribution in [0.25, 0.3) is 22.2 Å². The molecule has 0 unspecified atom stereocenters. The molecule has 0 saturated heterocycles. The van der Waals surface area contributed by atoms with Gasteiger partial charge in [0.05, 0.1) is 23.0 Å². The van der Waals surface area contributed by atoms with Crippen molar-refractivity contribution in [2.75, 3.05) is 5.01 Å². The van der Waals surface area contributed by atoms with Crippen LogP contribution in [0.2, 0.25) is 5.02 Å². The molecule has 2 aromatic heterocycles. The van der Waals surface area contributed by atoms with E-state index in [1.807, 2.05) is 41.4 Å². The van der Waals surface area contributed by atoms with Crippen LogP contribution in [0.4, 0.5) is 5.95 Å². The average molecular weight is 509 g/mol. The predicted molar refractivity (Wildman–Crippen MR) is 151 cm³/mol. The SMILES string of the molecule is CC(C)c1ccc(C2=NN(c3nc(-c4ccccc4)c4cc(Cl)ccc4n3)[C@H](c3cccs3)C2)cc1. The molecule has 3 aromatic carbocycles. The van der Waals surface area contributed by atoms with Crippen molar-refractivity contribution in [2.45, 2.75) is 32.2 Å². The summed E-state index contributed by atoms with van der Waals surface area (Å²) in [6, 6.07) is 29.0. The number of halogens is 1. The maximum absolute atomic E-state index is 6.37. The van der Waals surface area contributed by atoms with E-state index in [9.17, 15) is 0 Å². The Morgan fingerprint density at radius 1 is 0.889 bits per heavy atom. The van der Waals surface area contributed by atoms with E-state index in [1.165, 1.54) is 10.4 Å². The molecule has 6 heteroatoms. The normalized spacial score (nSPS) is 15.6. The summed E-state index contributed by atoms with van der Waals surface area (Å²) in [6.07, 6.45) is 0.796. The van der Waals surface area contributed by atoms with Gasteiger partial charge in [0.2, 0.25) is 5.95 Å². The summed E-state index contributed by atoms with van der Waals surface area (Å²) in [5.74, 6) is 1.09. The van der Waals surface area contributed by atoms with E-state index in [0.29, 0.717) is 16.9 Å². The Morgan fingerprint density at radius 3 is 2.42 bits per heavy atom. The molecule has 0 amide bonds. The van der Waals surface area contributed by atoms with Gasteiger partial charge in [-0.3, -0.25) is 0 Å². The van der Waals surface area contributed by atoms with Gasteiger partial charge >= 0.3 is 0 Å². The maximum Gasteiger partial charge on any atom is 0.247 e. The lowest BCUT2D eigenvalue weighted by Gasteiger charge is -2.21. The van der Waals surface area contributed by atoms with Crippen molar-refractivity contribution < 1.29 is 0 Å². The highest BCUT2D eigenvalue weighted by Gasteiger charge is 2.33. The molecule has 178 valence electrons. The molecule has 0 radical (unpaired) electrons. The zero-order chi connectivity index (χ0) is 24.6. The molecule has 5 aromatic rings. The average Bonchev–Trinajstić information content (AvgIpc) is 3.59. The minimum atomic E-state index is 0.0400. The number of hydrazone groups is 1. The number of nitrogens with zero attached hydrogens (tertiary/aromatic N) is 4. The minimum absolute atomic E-state index is 0.0400. The number of benzene rings is 3. The fourth-order valence-corrected chi connectivity index (χ4v) is 5.62. The van der Waals surface area contributed by atoms with Gasteiger partial charge in [-0.2, -0.15) is 5.10 Å². The zero-order valence-electron chi connectivity index (χ0n) is 20.1. The van der Waals surface area contributed by atoms with E-state index in [-0.39, 0.29) is 6.04 Å². The van der Waals surface area contributed by atoms with E-state index in [1.54, 1.807) is 11.3 Å². The Kier molecular flexibility index (Phi) is 6.04. The van der Waals surface area contributed by atoms with Crippen LogP contribution < -0.4 is 5.01 Å². The highest BCUT2D eigenvalue weighted by atomic mass is 35.5. The lowest BCUT2D eigenvalue weighted by molar-refractivity contribution is 0.700. The third-order valence-electron chi connectivity index (χ3n) is 6.59. The lowest BCUT2D eigenvalue weighted by Crippen LogP contribution is -2.20. The first-order chi connectivity index (χ1) is 17.6. The smallest absolute Gasteiger partial charge is 0.223 e. The Hall–Kier alpha value is -3.54. The minimum Gasteiger partial charge on any atom is -0.223 e. The maximum atomic E-state index is 6.37. The van der Waals surface area contributed by atoms with Gasteiger partial charge < -0.3 is 0 Å². The van der Waals surface area contributed by atoms with Crippen molar-refractivity contribution in [3.05, 3.63) is 111 Å². The van der Waals surface area contributed by atoms with Crippen molar-refractivity contribution in [3.63, 3.8) is 0 Å².